The Morgan fingerprint density at radius 3 is 2.94 bits per heavy atom. The Morgan fingerprint density at radius 2 is 2.28 bits per heavy atom. The average Bonchev–Trinajstić information content (AvgIpc) is 3.16. The predicted octanol–water partition coefficient (Wildman–Crippen LogP) is 2.21. The van der Waals surface area contributed by atoms with Crippen LogP contribution in [-0.2, 0) is 0 Å². The normalized spacial score (nSPS) is 14.9. The van der Waals surface area contributed by atoms with Crippen molar-refractivity contribution in [2.45, 2.75) is 18.9 Å². The van der Waals surface area contributed by atoms with Gasteiger partial charge in [0.25, 0.3) is 5.91 Å². The molecule has 18 heavy (non-hydrogen) atoms. The summed E-state index contributed by atoms with van der Waals surface area (Å²) in [6, 6.07) is 2.17. The molecular formula is C12H15Cl2N3O. The Hall–Kier alpha value is -0.840. The summed E-state index contributed by atoms with van der Waals surface area (Å²) in [6.45, 7) is 1.44. The zero-order valence-electron chi connectivity index (χ0n) is 10.1. The molecule has 1 saturated carbocycles. The van der Waals surface area contributed by atoms with Crippen LogP contribution in [0.2, 0.25) is 10.2 Å². The highest BCUT2D eigenvalue weighted by molar-refractivity contribution is 6.35. The molecule has 2 rings (SSSR count). The van der Waals surface area contributed by atoms with Crippen LogP contribution in [-0.4, -0.2) is 42.0 Å². The molecule has 0 aliphatic heterocycles. The SMILES string of the molecule is CN(CCNC(=O)c1cc(Cl)ncc1Cl)C1CC1. The van der Waals surface area contributed by atoms with Gasteiger partial charge >= 0.3 is 0 Å². The van der Waals surface area contributed by atoms with E-state index >= 15 is 0 Å². The maximum Gasteiger partial charge on any atom is 0.253 e. The van der Waals surface area contributed by atoms with Crippen molar-refractivity contribution in [3.63, 3.8) is 0 Å². The van der Waals surface area contributed by atoms with Crippen molar-refractivity contribution < 1.29 is 4.79 Å². The fraction of sp³-hybridized carbons (Fsp3) is 0.500. The lowest BCUT2D eigenvalue weighted by Crippen LogP contribution is -2.34. The minimum Gasteiger partial charge on any atom is -0.351 e. The van der Waals surface area contributed by atoms with E-state index in [4.69, 9.17) is 23.2 Å². The fourth-order valence-corrected chi connectivity index (χ4v) is 2.07. The number of rotatable bonds is 5. The third kappa shape index (κ3) is 3.57. The monoisotopic (exact) mass is 287 g/mol. The number of hydrogen-bond acceptors (Lipinski definition) is 3. The van der Waals surface area contributed by atoms with E-state index in [0.29, 0.717) is 23.2 Å². The Morgan fingerprint density at radius 1 is 1.56 bits per heavy atom. The van der Waals surface area contributed by atoms with Crippen LogP contribution in [0.4, 0.5) is 0 Å². The van der Waals surface area contributed by atoms with E-state index in [1.807, 2.05) is 0 Å². The van der Waals surface area contributed by atoms with Gasteiger partial charge in [0.15, 0.2) is 0 Å². The van der Waals surface area contributed by atoms with E-state index in [9.17, 15) is 4.79 Å². The molecule has 0 saturated heterocycles. The molecule has 1 aliphatic carbocycles. The third-order valence-corrected chi connectivity index (χ3v) is 3.49. The fourth-order valence-electron chi connectivity index (χ4n) is 1.73. The molecule has 4 nitrogen and oxygen atoms in total. The molecule has 1 heterocycles. The van der Waals surface area contributed by atoms with Gasteiger partial charge in [0.05, 0.1) is 10.6 Å². The first-order chi connectivity index (χ1) is 8.58. The number of nitrogens with one attached hydrogen (secondary N) is 1. The highest BCUT2D eigenvalue weighted by atomic mass is 35.5. The van der Waals surface area contributed by atoms with Crippen LogP contribution in [0.25, 0.3) is 0 Å². The second kappa shape index (κ2) is 5.87. The summed E-state index contributed by atoms with van der Waals surface area (Å²) in [7, 11) is 2.07. The van der Waals surface area contributed by atoms with Crippen LogP contribution in [0, 0.1) is 0 Å². The van der Waals surface area contributed by atoms with E-state index in [1.54, 1.807) is 0 Å². The summed E-state index contributed by atoms with van der Waals surface area (Å²) >= 11 is 11.6. The number of carbonyl (C=O) groups is 1. The van der Waals surface area contributed by atoms with Gasteiger partial charge in [0.2, 0.25) is 0 Å². The van der Waals surface area contributed by atoms with Gasteiger partial charge < -0.3 is 10.2 Å². The lowest BCUT2D eigenvalue weighted by molar-refractivity contribution is 0.0949. The van der Waals surface area contributed by atoms with E-state index in [2.05, 4.69) is 22.2 Å². The summed E-state index contributed by atoms with van der Waals surface area (Å²) in [5, 5.41) is 3.41. The first-order valence-electron chi connectivity index (χ1n) is 5.87. The van der Waals surface area contributed by atoms with E-state index in [-0.39, 0.29) is 11.1 Å². The molecule has 6 heteroatoms. The second-order valence-corrected chi connectivity index (χ2v) is 5.25. The summed E-state index contributed by atoms with van der Waals surface area (Å²) < 4.78 is 0. The summed E-state index contributed by atoms with van der Waals surface area (Å²) in [4.78, 5) is 17.9. The lowest BCUT2D eigenvalue weighted by atomic mass is 10.2. The number of pyridine rings is 1. The highest BCUT2D eigenvalue weighted by Crippen LogP contribution is 2.24. The van der Waals surface area contributed by atoms with Gasteiger partial charge in [-0.05, 0) is 26.0 Å². The number of carbonyl (C=O) groups excluding carboxylic acids is 1. The Kier molecular flexibility index (Phi) is 4.43. The van der Waals surface area contributed by atoms with Gasteiger partial charge in [0.1, 0.15) is 5.15 Å². The van der Waals surface area contributed by atoms with Crippen LogP contribution in [0.15, 0.2) is 12.3 Å². The summed E-state index contributed by atoms with van der Waals surface area (Å²) in [5.74, 6) is -0.214. The smallest absolute Gasteiger partial charge is 0.253 e. The van der Waals surface area contributed by atoms with Crippen molar-refractivity contribution in [1.82, 2.24) is 15.2 Å². The molecule has 0 bridgehead atoms. The Bertz CT molecular complexity index is 449. The van der Waals surface area contributed by atoms with Gasteiger partial charge in [-0.25, -0.2) is 4.98 Å². The molecule has 0 aromatic carbocycles. The molecular weight excluding hydrogens is 273 g/mol. The average molecular weight is 288 g/mol. The number of hydrogen-bond donors (Lipinski definition) is 1. The van der Waals surface area contributed by atoms with Crippen LogP contribution in [0.3, 0.4) is 0 Å². The van der Waals surface area contributed by atoms with Crippen LogP contribution >= 0.6 is 23.2 Å². The van der Waals surface area contributed by atoms with Gasteiger partial charge in [0, 0.05) is 25.3 Å². The van der Waals surface area contributed by atoms with E-state index in [0.717, 1.165) is 6.54 Å². The standard InChI is InChI=1S/C12H15Cl2N3O/c1-17(8-2-3-8)5-4-15-12(18)9-6-11(14)16-7-10(9)13/h6-8H,2-5H2,1H3,(H,15,18). The first kappa shape index (κ1) is 13.6. The lowest BCUT2D eigenvalue weighted by Gasteiger charge is -2.15. The van der Waals surface area contributed by atoms with Crippen molar-refractivity contribution in [3.05, 3.63) is 28.0 Å². The second-order valence-electron chi connectivity index (χ2n) is 4.45. The molecule has 1 aromatic heterocycles. The van der Waals surface area contributed by atoms with Crippen molar-refractivity contribution in [2.75, 3.05) is 20.1 Å². The van der Waals surface area contributed by atoms with Gasteiger partial charge in [-0.3, -0.25) is 4.79 Å². The van der Waals surface area contributed by atoms with Crippen molar-refractivity contribution >= 4 is 29.1 Å². The molecule has 0 spiro atoms. The predicted molar refractivity (Wildman–Crippen MR) is 72.2 cm³/mol. The molecule has 98 valence electrons. The van der Waals surface area contributed by atoms with Crippen LogP contribution in [0.5, 0.6) is 0 Å². The van der Waals surface area contributed by atoms with Gasteiger partial charge in [-0.15, -0.1) is 0 Å². The molecule has 1 fully saturated rings. The van der Waals surface area contributed by atoms with Crippen molar-refractivity contribution in [3.8, 4) is 0 Å². The Labute approximate surface area is 116 Å². The zero-order valence-corrected chi connectivity index (χ0v) is 11.6. The van der Waals surface area contributed by atoms with Crippen LogP contribution in [0.1, 0.15) is 23.2 Å². The molecule has 0 atom stereocenters. The number of halogens is 2. The minimum atomic E-state index is -0.214. The van der Waals surface area contributed by atoms with Crippen molar-refractivity contribution in [2.24, 2.45) is 0 Å². The molecule has 0 radical (unpaired) electrons. The van der Waals surface area contributed by atoms with E-state index in [1.165, 1.54) is 25.1 Å². The topological polar surface area (TPSA) is 45.2 Å². The first-order valence-corrected chi connectivity index (χ1v) is 6.63. The number of aromatic nitrogens is 1. The number of amides is 1. The quantitative estimate of drug-likeness (QED) is 0.845. The summed E-state index contributed by atoms with van der Waals surface area (Å²) in [6.07, 6.45) is 3.90. The molecule has 0 unspecified atom stereocenters. The zero-order chi connectivity index (χ0) is 13.1. The largest absolute Gasteiger partial charge is 0.351 e. The summed E-state index contributed by atoms with van der Waals surface area (Å²) in [5.41, 5.74) is 0.366. The number of likely N-dealkylation sites (N-methyl/N-ethyl adjacent to an activating group) is 1. The third-order valence-electron chi connectivity index (χ3n) is 2.99. The minimum absolute atomic E-state index is 0.214. The van der Waals surface area contributed by atoms with Crippen molar-refractivity contribution in [1.29, 1.82) is 0 Å². The van der Waals surface area contributed by atoms with Gasteiger partial charge in [-0.1, -0.05) is 23.2 Å². The molecule has 1 aliphatic rings. The molecule has 1 amide bonds. The molecule has 1 aromatic rings. The maximum absolute atomic E-state index is 11.9. The van der Waals surface area contributed by atoms with Gasteiger partial charge in [-0.2, -0.15) is 0 Å². The van der Waals surface area contributed by atoms with Crippen LogP contribution < -0.4 is 5.32 Å². The maximum atomic E-state index is 11.9. The van der Waals surface area contributed by atoms with E-state index < -0.39 is 0 Å². The Balaban J connectivity index is 1.85. The molecule has 1 N–H and O–H groups in total. The number of nitrogens with zero attached hydrogens (tertiary/aromatic N) is 2. The highest BCUT2D eigenvalue weighted by Gasteiger charge is 2.25.